The van der Waals surface area contributed by atoms with E-state index in [-0.39, 0.29) is 4.90 Å². The van der Waals surface area contributed by atoms with E-state index < -0.39 is 10.1 Å². The molecule has 0 aliphatic rings. The molecule has 0 heterocycles. The number of aryl methyl sites for hydroxylation is 2. The zero-order chi connectivity index (χ0) is 13.3. The molecule has 0 unspecified atom stereocenters. The van der Waals surface area contributed by atoms with Gasteiger partial charge in [-0.3, -0.25) is 4.55 Å². The molecular formula is C14H16O3S. The molecular weight excluding hydrogens is 248 g/mol. The molecule has 2 aromatic carbocycles. The Morgan fingerprint density at radius 2 is 1.78 bits per heavy atom. The Morgan fingerprint density at radius 1 is 1.11 bits per heavy atom. The normalized spacial score (nSPS) is 11.9. The highest BCUT2D eigenvalue weighted by Gasteiger charge is 2.21. The van der Waals surface area contributed by atoms with E-state index in [2.05, 4.69) is 0 Å². The van der Waals surface area contributed by atoms with E-state index in [0.29, 0.717) is 24.0 Å². The Morgan fingerprint density at radius 3 is 2.33 bits per heavy atom. The van der Waals surface area contributed by atoms with Gasteiger partial charge in [0.05, 0.1) is 0 Å². The van der Waals surface area contributed by atoms with Crippen LogP contribution in [-0.4, -0.2) is 13.0 Å². The summed E-state index contributed by atoms with van der Waals surface area (Å²) < 4.78 is 32.6. The molecule has 0 radical (unpaired) electrons. The minimum atomic E-state index is -4.18. The van der Waals surface area contributed by atoms with E-state index in [1.54, 1.807) is 0 Å². The lowest BCUT2D eigenvalue weighted by atomic mass is 9.98. The van der Waals surface area contributed by atoms with Crippen molar-refractivity contribution >= 4 is 20.9 Å². The Bertz CT molecular complexity index is 687. The van der Waals surface area contributed by atoms with Crippen molar-refractivity contribution in [3.8, 4) is 0 Å². The van der Waals surface area contributed by atoms with Gasteiger partial charge in [-0.1, -0.05) is 38.1 Å². The summed E-state index contributed by atoms with van der Waals surface area (Å²) in [6, 6.07) is 9.50. The molecule has 0 saturated carbocycles. The van der Waals surface area contributed by atoms with Crippen molar-refractivity contribution in [2.24, 2.45) is 0 Å². The maximum absolute atomic E-state index is 11.6. The zero-order valence-corrected chi connectivity index (χ0v) is 11.3. The van der Waals surface area contributed by atoms with Crippen molar-refractivity contribution in [3.05, 3.63) is 41.5 Å². The van der Waals surface area contributed by atoms with Crippen molar-refractivity contribution < 1.29 is 13.0 Å². The molecule has 1 N–H and O–H groups in total. The Kier molecular flexibility index (Phi) is 3.41. The van der Waals surface area contributed by atoms with Crippen LogP contribution in [0.25, 0.3) is 10.8 Å². The minimum Gasteiger partial charge on any atom is -0.282 e. The van der Waals surface area contributed by atoms with Crippen molar-refractivity contribution in [1.29, 1.82) is 0 Å². The van der Waals surface area contributed by atoms with Crippen LogP contribution in [0.15, 0.2) is 35.2 Å². The van der Waals surface area contributed by atoms with E-state index in [9.17, 15) is 13.0 Å². The minimum absolute atomic E-state index is 0.0891. The van der Waals surface area contributed by atoms with Crippen LogP contribution in [0, 0.1) is 0 Å². The van der Waals surface area contributed by atoms with Crippen LogP contribution in [0.4, 0.5) is 0 Å². The average Bonchev–Trinajstić information content (AvgIpc) is 2.35. The summed E-state index contributed by atoms with van der Waals surface area (Å²) in [5.74, 6) is 0. The second kappa shape index (κ2) is 4.71. The van der Waals surface area contributed by atoms with Crippen LogP contribution < -0.4 is 0 Å². The average molecular weight is 264 g/mol. The summed E-state index contributed by atoms with van der Waals surface area (Å²) >= 11 is 0. The number of hydrogen-bond donors (Lipinski definition) is 1. The Balaban J connectivity index is 2.98. The van der Waals surface area contributed by atoms with E-state index in [0.717, 1.165) is 10.8 Å². The van der Waals surface area contributed by atoms with Crippen LogP contribution in [-0.2, 0) is 23.0 Å². The largest absolute Gasteiger partial charge is 0.295 e. The first-order chi connectivity index (χ1) is 8.49. The second-order valence-corrected chi connectivity index (χ2v) is 5.61. The second-order valence-electron chi connectivity index (χ2n) is 4.25. The smallest absolute Gasteiger partial charge is 0.282 e. The van der Waals surface area contributed by atoms with Crippen LogP contribution >= 0.6 is 0 Å². The molecule has 0 fully saturated rings. The highest BCUT2D eigenvalue weighted by Crippen LogP contribution is 2.30. The van der Waals surface area contributed by atoms with Crippen molar-refractivity contribution in [2.45, 2.75) is 31.6 Å². The first kappa shape index (κ1) is 13.1. The highest BCUT2D eigenvalue weighted by atomic mass is 32.2. The van der Waals surface area contributed by atoms with Crippen molar-refractivity contribution in [1.82, 2.24) is 0 Å². The number of hydrogen-bond acceptors (Lipinski definition) is 2. The van der Waals surface area contributed by atoms with Crippen LogP contribution in [0.5, 0.6) is 0 Å². The molecule has 0 aliphatic heterocycles. The predicted molar refractivity (Wildman–Crippen MR) is 72.5 cm³/mol. The quantitative estimate of drug-likeness (QED) is 0.866. The van der Waals surface area contributed by atoms with Gasteiger partial charge in [0.1, 0.15) is 4.90 Å². The molecule has 2 aromatic rings. The first-order valence-electron chi connectivity index (χ1n) is 6.00. The Hall–Kier alpha value is -1.39. The highest BCUT2D eigenvalue weighted by molar-refractivity contribution is 7.86. The third kappa shape index (κ3) is 2.13. The maximum atomic E-state index is 11.6. The zero-order valence-electron chi connectivity index (χ0n) is 10.5. The van der Waals surface area contributed by atoms with Gasteiger partial charge in [-0.2, -0.15) is 8.42 Å². The lowest BCUT2D eigenvalue weighted by Crippen LogP contribution is -2.07. The molecule has 2 rings (SSSR count). The third-order valence-corrected chi connectivity index (χ3v) is 4.20. The molecule has 0 aromatic heterocycles. The van der Waals surface area contributed by atoms with Gasteiger partial charge in [-0.25, -0.2) is 0 Å². The van der Waals surface area contributed by atoms with Gasteiger partial charge in [0, 0.05) is 0 Å². The van der Waals surface area contributed by atoms with Crippen LogP contribution in [0.1, 0.15) is 25.0 Å². The molecule has 0 spiro atoms. The first-order valence-corrected chi connectivity index (χ1v) is 7.44. The van der Waals surface area contributed by atoms with Gasteiger partial charge in [0.15, 0.2) is 0 Å². The fourth-order valence-corrected chi connectivity index (χ4v) is 3.50. The fourth-order valence-electron chi connectivity index (χ4n) is 2.40. The summed E-state index contributed by atoms with van der Waals surface area (Å²) in [6.07, 6.45) is 1.15. The van der Waals surface area contributed by atoms with Gasteiger partial charge < -0.3 is 0 Å². The van der Waals surface area contributed by atoms with E-state index >= 15 is 0 Å². The molecule has 0 atom stereocenters. The third-order valence-electron chi connectivity index (χ3n) is 3.17. The summed E-state index contributed by atoms with van der Waals surface area (Å²) in [5, 5.41) is 1.91. The molecule has 0 saturated heterocycles. The van der Waals surface area contributed by atoms with Gasteiger partial charge in [-0.15, -0.1) is 0 Å². The lowest BCUT2D eigenvalue weighted by Gasteiger charge is -2.14. The van der Waals surface area contributed by atoms with Gasteiger partial charge in [0.2, 0.25) is 0 Å². The van der Waals surface area contributed by atoms with Gasteiger partial charge in [0.25, 0.3) is 10.1 Å². The van der Waals surface area contributed by atoms with Crippen LogP contribution in [0.2, 0.25) is 0 Å². The molecule has 3 nitrogen and oxygen atoms in total. The number of rotatable bonds is 3. The number of benzene rings is 2. The maximum Gasteiger partial charge on any atom is 0.295 e. The standard InChI is InChI=1S/C14H16O3S/c1-3-10-9-11-7-5-6-8-13(11)12(4-2)14(10)18(15,16)17/h5-9H,3-4H2,1-2H3,(H,15,16,17). The molecule has 18 heavy (non-hydrogen) atoms. The molecule has 4 heteroatoms. The van der Waals surface area contributed by atoms with Crippen molar-refractivity contribution in [3.63, 3.8) is 0 Å². The lowest BCUT2D eigenvalue weighted by molar-refractivity contribution is 0.481. The SMILES string of the molecule is CCc1cc2ccccc2c(CC)c1S(=O)(=O)O. The summed E-state index contributed by atoms with van der Waals surface area (Å²) in [7, 11) is -4.18. The topological polar surface area (TPSA) is 54.4 Å². The predicted octanol–water partition coefficient (Wildman–Crippen LogP) is 3.21. The van der Waals surface area contributed by atoms with Crippen molar-refractivity contribution in [2.75, 3.05) is 0 Å². The van der Waals surface area contributed by atoms with E-state index in [4.69, 9.17) is 0 Å². The monoisotopic (exact) mass is 264 g/mol. The number of fused-ring (bicyclic) bond motifs is 1. The summed E-state index contributed by atoms with van der Waals surface area (Å²) in [6.45, 7) is 3.79. The fraction of sp³-hybridized carbons (Fsp3) is 0.286. The Labute approximate surface area is 107 Å². The van der Waals surface area contributed by atoms with Gasteiger partial charge in [-0.05, 0) is 40.8 Å². The molecule has 0 bridgehead atoms. The molecule has 0 amide bonds. The van der Waals surface area contributed by atoms with Gasteiger partial charge >= 0.3 is 0 Å². The molecule has 0 aliphatic carbocycles. The molecule has 96 valence electrons. The summed E-state index contributed by atoms with van der Waals surface area (Å²) in [5.41, 5.74) is 1.38. The van der Waals surface area contributed by atoms with E-state index in [1.165, 1.54) is 0 Å². The van der Waals surface area contributed by atoms with E-state index in [1.807, 2.05) is 44.2 Å². The van der Waals surface area contributed by atoms with Crippen LogP contribution in [0.3, 0.4) is 0 Å². The summed E-state index contributed by atoms with van der Waals surface area (Å²) in [4.78, 5) is 0.0891.